The molecule has 148 valence electrons. The second-order valence-corrected chi connectivity index (χ2v) is 5.93. The standard InChI is InChI=1S/C17H34N4O3.HI/c1-4-15(21-11-5-7-16(21)22)8-10-20-17(18-2)19-9-6-12-24-14-13-23-3;/h15H,4-14H2,1-3H3,(H2,18,19,20);1H. The van der Waals surface area contributed by atoms with Gasteiger partial charge in [-0.3, -0.25) is 9.79 Å². The summed E-state index contributed by atoms with van der Waals surface area (Å²) in [5.74, 6) is 1.10. The molecule has 0 aromatic heterocycles. The molecule has 1 aliphatic heterocycles. The Morgan fingerprint density at radius 2 is 2.04 bits per heavy atom. The van der Waals surface area contributed by atoms with E-state index in [-0.39, 0.29) is 24.0 Å². The van der Waals surface area contributed by atoms with Crippen LogP contribution in [0.4, 0.5) is 0 Å². The van der Waals surface area contributed by atoms with Gasteiger partial charge in [0, 0.05) is 52.9 Å². The van der Waals surface area contributed by atoms with E-state index in [0.29, 0.717) is 38.2 Å². The lowest BCUT2D eigenvalue weighted by molar-refractivity contribution is -0.129. The first-order valence-electron chi connectivity index (χ1n) is 9.03. The number of hydrogen-bond donors (Lipinski definition) is 2. The molecule has 1 heterocycles. The van der Waals surface area contributed by atoms with E-state index in [1.165, 1.54) is 0 Å². The van der Waals surface area contributed by atoms with Crippen LogP contribution in [-0.2, 0) is 14.3 Å². The van der Waals surface area contributed by atoms with Gasteiger partial charge in [-0.2, -0.15) is 0 Å². The van der Waals surface area contributed by atoms with Crippen molar-refractivity contribution in [3.05, 3.63) is 0 Å². The molecule has 8 heteroatoms. The number of methoxy groups -OCH3 is 1. The van der Waals surface area contributed by atoms with Crippen LogP contribution in [0.5, 0.6) is 0 Å². The summed E-state index contributed by atoms with van der Waals surface area (Å²) in [7, 11) is 3.44. The van der Waals surface area contributed by atoms with Gasteiger partial charge in [-0.15, -0.1) is 24.0 Å². The van der Waals surface area contributed by atoms with Crippen molar-refractivity contribution in [2.45, 2.75) is 45.1 Å². The molecule has 0 aliphatic carbocycles. The second-order valence-electron chi connectivity index (χ2n) is 5.93. The number of rotatable bonds is 12. The van der Waals surface area contributed by atoms with Crippen LogP contribution in [0.2, 0.25) is 0 Å². The van der Waals surface area contributed by atoms with Crippen LogP contribution in [-0.4, -0.2) is 76.4 Å². The number of amides is 1. The van der Waals surface area contributed by atoms with Gasteiger partial charge in [-0.1, -0.05) is 6.92 Å². The van der Waals surface area contributed by atoms with Crippen LogP contribution in [0.1, 0.15) is 39.0 Å². The van der Waals surface area contributed by atoms with Gasteiger partial charge >= 0.3 is 0 Å². The van der Waals surface area contributed by atoms with E-state index in [9.17, 15) is 4.79 Å². The average Bonchev–Trinajstić information content (AvgIpc) is 3.02. The summed E-state index contributed by atoms with van der Waals surface area (Å²) in [6, 6.07) is 0.333. The first-order chi connectivity index (χ1) is 11.7. The summed E-state index contributed by atoms with van der Waals surface area (Å²) in [6.45, 7) is 6.66. The molecule has 2 N–H and O–H groups in total. The fraction of sp³-hybridized carbons (Fsp3) is 0.882. The largest absolute Gasteiger partial charge is 0.382 e. The van der Waals surface area contributed by atoms with Gasteiger partial charge in [0.1, 0.15) is 0 Å². The molecule has 25 heavy (non-hydrogen) atoms. The molecule has 0 saturated carbocycles. The zero-order valence-electron chi connectivity index (χ0n) is 15.9. The third kappa shape index (κ3) is 10.2. The minimum absolute atomic E-state index is 0. The zero-order chi connectivity index (χ0) is 17.6. The van der Waals surface area contributed by atoms with Gasteiger partial charge in [0.05, 0.1) is 13.2 Å². The smallest absolute Gasteiger partial charge is 0.222 e. The predicted octanol–water partition coefficient (Wildman–Crippen LogP) is 1.61. The first kappa shape index (κ1) is 24.4. The minimum Gasteiger partial charge on any atom is -0.382 e. The highest BCUT2D eigenvalue weighted by atomic mass is 127. The van der Waals surface area contributed by atoms with Gasteiger partial charge in [0.2, 0.25) is 5.91 Å². The minimum atomic E-state index is 0. The lowest BCUT2D eigenvalue weighted by atomic mass is 10.1. The molecule has 0 aromatic rings. The Bertz CT molecular complexity index is 383. The molecular formula is C17H35IN4O3. The highest BCUT2D eigenvalue weighted by Crippen LogP contribution is 2.17. The molecule has 1 aliphatic rings. The summed E-state index contributed by atoms with van der Waals surface area (Å²) in [4.78, 5) is 18.1. The zero-order valence-corrected chi connectivity index (χ0v) is 18.2. The summed E-state index contributed by atoms with van der Waals surface area (Å²) in [5.41, 5.74) is 0. The van der Waals surface area contributed by atoms with E-state index in [1.807, 2.05) is 4.90 Å². The van der Waals surface area contributed by atoms with Crippen LogP contribution in [0.3, 0.4) is 0 Å². The Morgan fingerprint density at radius 1 is 1.28 bits per heavy atom. The fourth-order valence-corrected chi connectivity index (χ4v) is 2.84. The third-order valence-corrected chi connectivity index (χ3v) is 4.21. The SMILES string of the molecule is CCC(CCNC(=NC)NCCCOCCOC)N1CCCC1=O.I. The van der Waals surface area contributed by atoms with E-state index >= 15 is 0 Å². The number of ether oxygens (including phenoxy) is 2. The number of carbonyl (C=O) groups is 1. The van der Waals surface area contributed by atoms with Gasteiger partial charge in [-0.25, -0.2) is 0 Å². The van der Waals surface area contributed by atoms with E-state index in [4.69, 9.17) is 9.47 Å². The Morgan fingerprint density at radius 3 is 2.64 bits per heavy atom. The van der Waals surface area contributed by atoms with Gasteiger partial charge in [-0.05, 0) is 25.7 Å². The highest BCUT2D eigenvalue weighted by molar-refractivity contribution is 14.0. The Kier molecular flexibility index (Phi) is 15.2. The van der Waals surface area contributed by atoms with Crippen LogP contribution in [0, 0.1) is 0 Å². The van der Waals surface area contributed by atoms with E-state index < -0.39 is 0 Å². The molecule has 0 spiro atoms. The molecule has 0 radical (unpaired) electrons. The quantitative estimate of drug-likeness (QED) is 0.196. The number of nitrogens with zero attached hydrogens (tertiary/aromatic N) is 2. The van der Waals surface area contributed by atoms with Crippen molar-refractivity contribution in [1.82, 2.24) is 15.5 Å². The molecule has 1 unspecified atom stereocenters. The highest BCUT2D eigenvalue weighted by Gasteiger charge is 2.26. The summed E-state index contributed by atoms with van der Waals surface area (Å²) in [6.07, 6.45) is 4.57. The number of carbonyl (C=O) groups excluding carboxylic acids is 1. The number of hydrogen-bond acceptors (Lipinski definition) is 4. The fourth-order valence-electron chi connectivity index (χ4n) is 2.84. The van der Waals surface area contributed by atoms with Crippen molar-refractivity contribution in [1.29, 1.82) is 0 Å². The Labute approximate surface area is 169 Å². The summed E-state index contributed by atoms with van der Waals surface area (Å²) in [5, 5.41) is 6.60. The lowest BCUT2D eigenvalue weighted by Crippen LogP contribution is -2.42. The second kappa shape index (κ2) is 15.6. The maximum atomic E-state index is 11.8. The van der Waals surface area contributed by atoms with Crippen molar-refractivity contribution in [2.24, 2.45) is 4.99 Å². The van der Waals surface area contributed by atoms with Crippen LogP contribution < -0.4 is 10.6 Å². The van der Waals surface area contributed by atoms with Gasteiger partial charge in [0.15, 0.2) is 5.96 Å². The predicted molar refractivity (Wildman–Crippen MR) is 112 cm³/mol. The topological polar surface area (TPSA) is 75.2 Å². The van der Waals surface area contributed by atoms with E-state index in [2.05, 4.69) is 22.5 Å². The average molecular weight is 470 g/mol. The Hall–Kier alpha value is -0.610. The van der Waals surface area contributed by atoms with E-state index in [0.717, 1.165) is 51.3 Å². The van der Waals surface area contributed by atoms with Crippen molar-refractivity contribution in [2.75, 3.05) is 53.6 Å². The van der Waals surface area contributed by atoms with Crippen LogP contribution >= 0.6 is 24.0 Å². The molecule has 0 bridgehead atoms. The molecule has 1 atom stereocenters. The number of guanidine groups is 1. The number of likely N-dealkylation sites (tertiary alicyclic amines) is 1. The molecule has 7 nitrogen and oxygen atoms in total. The van der Waals surface area contributed by atoms with Crippen molar-refractivity contribution < 1.29 is 14.3 Å². The van der Waals surface area contributed by atoms with Gasteiger partial charge < -0.3 is 25.0 Å². The van der Waals surface area contributed by atoms with Crippen molar-refractivity contribution in [3.63, 3.8) is 0 Å². The molecular weight excluding hydrogens is 435 g/mol. The Balaban J connectivity index is 0.00000576. The molecule has 1 amide bonds. The van der Waals surface area contributed by atoms with Crippen LogP contribution in [0.15, 0.2) is 4.99 Å². The third-order valence-electron chi connectivity index (χ3n) is 4.21. The van der Waals surface area contributed by atoms with Crippen molar-refractivity contribution >= 4 is 35.8 Å². The van der Waals surface area contributed by atoms with Gasteiger partial charge in [0.25, 0.3) is 0 Å². The maximum Gasteiger partial charge on any atom is 0.222 e. The molecule has 0 aromatic carbocycles. The summed E-state index contributed by atoms with van der Waals surface area (Å²) < 4.78 is 10.3. The summed E-state index contributed by atoms with van der Waals surface area (Å²) >= 11 is 0. The molecule has 1 rings (SSSR count). The number of nitrogens with one attached hydrogen (secondary N) is 2. The molecule has 1 saturated heterocycles. The maximum absolute atomic E-state index is 11.8. The van der Waals surface area contributed by atoms with Crippen molar-refractivity contribution in [3.8, 4) is 0 Å². The normalized spacial score (nSPS) is 15.9. The monoisotopic (exact) mass is 470 g/mol. The number of halogens is 1. The van der Waals surface area contributed by atoms with E-state index in [1.54, 1.807) is 14.2 Å². The first-order valence-corrected chi connectivity index (χ1v) is 9.03. The number of aliphatic imine (C=N–C) groups is 1. The van der Waals surface area contributed by atoms with Crippen LogP contribution in [0.25, 0.3) is 0 Å². The molecule has 1 fully saturated rings. The lowest BCUT2D eigenvalue weighted by Gasteiger charge is -2.27.